The van der Waals surface area contributed by atoms with E-state index in [2.05, 4.69) is 78.9 Å². The highest BCUT2D eigenvalue weighted by Gasteiger charge is 2.25. The second kappa shape index (κ2) is 9.28. The van der Waals surface area contributed by atoms with Gasteiger partial charge in [-0.25, -0.2) is 0 Å². The summed E-state index contributed by atoms with van der Waals surface area (Å²) in [5, 5.41) is 0. The van der Waals surface area contributed by atoms with Gasteiger partial charge in [0, 0.05) is 5.57 Å². The van der Waals surface area contributed by atoms with Crippen molar-refractivity contribution in [2.24, 2.45) is 0 Å². The van der Waals surface area contributed by atoms with Crippen molar-refractivity contribution in [3.05, 3.63) is 120 Å². The summed E-state index contributed by atoms with van der Waals surface area (Å²) in [6.07, 6.45) is 3.78. The summed E-state index contributed by atoms with van der Waals surface area (Å²) < 4.78 is 45.0. The fourth-order valence-electron chi connectivity index (χ4n) is 3.15. The van der Waals surface area contributed by atoms with E-state index in [-0.39, 0.29) is 6.10 Å². The molecule has 0 saturated heterocycles. The van der Waals surface area contributed by atoms with Crippen LogP contribution in [0.3, 0.4) is 0 Å². The second-order valence-electron chi connectivity index (χ2n) is 6.28. The molecule has 1 aliphatic heterocycles. The SMILES string of the molecule is C1=CC(c2ccccc2)=C(c2ccccc2)C(c2ccccc2)O1.F[B-](F)(F)F. The second-order valence-corrected chi connectivity index (χ2v) is 6.28. The largest absolute Gasteiger partial charge is 0.673 e. The Morgan fingerprint density at radius 2 is 1.07 bits per heavy atom. The Morgan fingerprint density at radius 3 is 1.59 bits per heavy atom. The molecule has 0 N–H and O–H groups in total. The lowest BCUT2D eigenvalue weighted by Crippen LogP contribution is -2.09. The summed E-state index contributed by atoms with van der Waals surface area (Å²) in [7, 11) is -6.00. The van der Waals surface area contributed by atoms with Crippen molar-refractivity contribution in [2.45, 2.75) is 6.10 Å². The molecule has 0 spiro atoms. The predicted molar refractivity (Wildman–Crippen MR) is 109 cm³/mol. The van der Waals surface area contributed by atoms with Crippen molar-refractivity contribution in [3.63, 3.8) is 0 Å². The van der Waals surface area contributed by atoms with Crippen LogP contribution in [0.15, 0.2) is 103 Å². The molecule has 3 aromatic rings. The Balaban J connectivity index is 0.000000431. The average Bonchev–Trinajstić information content (AvgIpc) is 2.74. The minimum Gasteiger partial charge on any atom is -0.489 e. The Morgan fingerprint density at radius 1 is 0.621 bits per heavy atom. The summed E-state index contributed by atoms with van der Waals surface area (Å²) in [6.45, 7) is 0. The molecule has 1 unspecified atom stereocenters. The normalized spacial score (nSPS) is 15.9. The van der Waals surface area contributed by atoms with E-state index in [9.17, 15) is 17.3 Å². The third kappa shape index (κ3) is 5.85. The van der Waals surface area contributed by atoms with E-state index < -0.39 is 7.25 Å². The maximum Gasteiger partial charge on any atom is 0.673 e. The van der Waals surface area contributed by atoms with Crippen molar-refractivity contribution in [1.29, 1.82) is 0 Å². The number of ether oxygens (including phenoxy) is 1. The van der Waals surface area contributed by atoms with Crippen molar-refractivity contribution < 1.29 is 22.0 Å². The molecule has 0 fully saturated rings. The number of halogens is 4. The van der Waals surface area contributed by atoms with Crippen molar-refractivity contribution in [1.82, 2.24) is 0 Å². The number of hydrogen-bond acceptors (Lipinski definition) is 1. The predicted octanol–water partition coefficient (Wildman–Crippen LogP) is 7.18. The van der Waals surface area contributed by atoms with Crippen LogP contribution in [0, 0.1) is 0 Å². The van der Waals surface area contributed by atoms with Gasteiger partial charge in [-0.15, -0.1) is 0 Å². The van der Waals surface area contributed by atoms with Gasteiger partial charge in [0.1, 0.15) is 6.10 Å². The molecule has 0 amide bonds. The summed E-state index contributed by atoms with van der Waals surface area (Å²) in [4.78, 5) is 0. The maximum absolute atomic E-state index is 9.75. The molecule has 148 valence electrons. The summed E-state index contributed by atoms with van der Waals surface area (Å²) in [5.41, 5.74) is 5.97. The molecule has 1 atom stereocenters. The molecule has 6 heteroatoms. The van der Waals surface area contributed by atoms with Crippen LogP contribution in [0.5, 0.6) is 0 Å². The summed E-state index contributed by atoms with van der Waals surface area (Å²) in [5.74, 6) is 0. The molecule has 1 heterocycles. The van der Waals surface area contributed by atoms with E-state index in [1.807, 2.05) is 24.5 Å². The fourth-order valence-corrected chi connectivity index (χ4v) is 3.15. The fraction of sp³-hybridized carbons (Fsp3) is 0.0435. The van der Waals surface area contributed by atoms with Gasteiger partial charge >= 0.3 is 7.25 Å². The van der Waals surface area contributed by atoms with Gasteiger partial charge in [-0.05, 0) is 28.3 Å². The highest BCUT2D eigenvalue weighted by atomic mass is 19.5. The van der Waals surface area contributed by atoms with Gasteiger partial charge < -0.3 is 22.0 Å². The van der Waals surface area contributed by atoms with E-state index >= 15 is 0 Å². The number of benzene rings is 3. The van der Waals surface area contributed by atoms with Gasteiger partial charge in [0.2, 0.25) is 0 Å². The summed E-state index contributed by atoms with van der Waals surface area (Å²) >= 11 is 0. The molecule has 29 heavy (non-hydrogen) atoms. The summed E-state index contributed by atoms with van der Waals surface area (Å²) in [6, 6.07) is 31.4. The smallest absolute Gasteiger partial charge is 0.489 e. The van der Waals surface area contributed by atoms with Crippen LogP contribution in [0.1, 0.15) is 22.8 Å². The minimum absolute atomic E-state index is 0.103. The topological polar surface area (TPSA) is 9.23 Å². The quantitative estimate of drug-likeness (QED) is 0.336. The molecule has 4 rings (SSSR count). The molecule has 0 aliphatic carbocycles. The van der Waals surface area contributed by atoms with E-state index in [4.69, 9.17) is 4.74 Å². The number of hydrogen-bond donors (Lipinski definition) is 0. The molecular formula is C23H18BF4O-. The first-order chi connectivity index (χ1) is 13.9. The molecule has 0 bridgehead atoms. The van der Waals surface area contributed by atoms with Gasteiger partial charge in [-0.2, -0.15) is 0 Å². The van der Waals surface area contributed by atoms with E-state index in [1.54, 1.807) is 0 Å². The van der Waals surface area contributed by atoms with E-state index in [0.717, 1.165) is 5.56 Å². The first-order valence-corrected chi connectivity index (χ1v) is 9.03. The Hall–Kier alpha value is -3.28. The van der Waals surface area contributed by atoms with Crippen molar-refractivity contribution >= 4 is 18.4 Å². The zero-order valence-corrected chi connectivity index (χ0v) is 15.4. The third-order valence-corrected chi connectivity index (χ3v) is 4.27. The molecule has 0 radical (unpaired) electrons. The number of allylic oxidation sites excluding steroid dienone is 2. The number of rotatable bonds is 3. The Bertz CT molecular complexity index is 962. The van der Waals surface area contributed by atoms with Crippen molar-refractivity contribution in [3.8, 4) is 0 Å². The van der Waals surface area contributed by atoms with Gasteiger partial charge in [0.05, 0.1) is 6.26 Å². The van der Waals surface area contributed by atoms with E-state index in [1.165, 1.54) is 22.3 Å². The van der Waals surface area contributed by atoms with Crippen LogP contribution in [0.4, 0.5) is 17.3 Å². The average molecular weight is 397 g/mol. The third-order valence-electron chi connectivity index (χ3n) is 4.27. The highest BCUT2D eigenvalue weighted by molar-refractivity contribution is 6.50. The van der Waals surface area contributed by atoms with Crippen molar-refractivity contribution in [2.75, 3.05) is 0 Å². The molecular weight excluding hydrogens is 379 g/mol. The minimum atomic E-state index is -6.00. The van der Waals surface area contributed by atoms with Crippen LogP contribution >= 0.6 is 0 Å². The first kappa shape index (κ1) is 20.5. The standard InChI is InChI=1S/C23H18O.BF4/c1-4-10-18(11-5-1)21-16-17-24-23(20-14-8-3-9-15-20)22(21)19-12-6-2-7-13-19;2-1(3,4)5/h1-17,23H;/q;-1. The van der Waals surface area contributed by atoms with E-state index in [0.29, 0.717) is 0 Å². The van der Waals surface area contributed by atoms with Crippen LogP contribution in [-0.2, 0) is 4.74 Å². The Kier molecular flexibility index (Phi) is 6.55. The molecule has 3 aromatic carbocycles. The van der Waals surface area contributed by atoms with Crippen LogP contribution < -0.4 is 0 Å². The lowest BCUT2D eigenvalue weighted by molar-refractivity contribution is 0.196. The first-order valence-electron chi connectivity index (χ1n) is 9.03. The van der Waals surface area contributed by atoms with Crippen LogP contribution in [-0.4, -0.2) is 7.25 Å². The van der Waals surface area contributed by atoms with Gasteiger partial charge in [0.25, 0.3) is 0 Å². The lowest BCUT2D eigenvalue weighted by Gasteiger charge is -2.27. The molecule has 1 aliphatic rings. The van der Waals surface area contributed by atoms with Gasteiger partial charge in [-0.1, -0.05) is 91.0 Å². The monoisotopic (exact) mass is 397 g/mol. The van der Waals surface area contributed by atoms with Crippen LogP contribution in [0.2, 0.25) is 0 Å². The van der Waals surface area contributed by atoms with Gasteiger partial charge in [-0.3, -0.25) is 0 Å². The van der Waals surface area contributed by atoms with Crippen LogP contribution in [0.25, 0.3) is 11.1 Å². The lowest BCUT2D eigenvalue weighted by atomic mass is 9.87. The highest BCUT2D eigenvalue weighted by Crippen LogP contribution is 2.42. The molecule has 1 nitrogen and oxygen atoms in total. The van der Waals surface area contributed by atoms with Gasteiger partial charge in [0.15, 0.2) is 0 Å². The Labute approximate surface area is 167 Å². The molecule has 0 aromatic heterocycles. The maximum atomic E-state index is 9.75. The zero-order chi connectivity index (χ0) is 20.7. The zero-order valence-electron chi connectivity index (χ0n) is 15.4. The molecule has 0 saturated carbocycles.